The summed E-state index contributed by atoms with van der Waals surface area (Å²) in [5.41, 5.74) is 4.80. The fourth-order valence-electron chi connectivity index (χ4n) is 0.930. The summed E-state index contributed by atoms with van der Waals surface area (Å²) >= 11 is 4.16. The van der Waals surface area contributed by atoms with Gasteiger partial charge in [0.1, 0.15) is 0 Å². The van der Waals surface area contributed by atoms with Gasteiger partial charge in [-0.1, -0.05) is 0 Å². The minimum absolute atomic E-state index is 0.0169. The SMILES string of the molecule is OC[C@H]1O[CH-][C@H](O)[C@@H]1O.[CH-]=C(/C=C\[CH]=[Ni])C(N)=O. The molecular weight excluding hydrogens is 285 g/mol. The van der Waals surface area contributed by atoms with E-state index in [9.17, 15) is 4.79 Å². The van der Waals surface area contributed by atoms with Crippen LogP contribution in [0.2, 0.25) is 0 Å². The molecule has 5 N–H and O–H groups in total. The molecule has 0 aromatic rings. The standard InChI is InChI=1S/C6H6NO.C5H9O4.Ni/c1-3-4-5(2)6(7)8;6-1-4-5(8)3(7)2-9-4;/h1-4H,(H2,7,8);2-8H,1H2;/q2*-1;/b4-3-;;/t;3-,4+,5-;/m.0./s1. The third kappa shape index (κ3) is 6.19. The maximum absolute atomic E-state index is 10.2. The Kier molecular flexibility index (Phi) is 8.70. The Morgan fingerprint density at radius 3 is 2.44 bits per heavy atom. The molecule has 1 saturated heterocycles. The molecule has 18 heavy (non-hydrogen) atoms. The van der Waals surface area contributed by atoms with E-state index in [2.05, 4.69) is 19.8 Å². The molecule has 0 spiro atoms. The van der Waals surface area contributed by atoms with Crippen molar-refractivity contribution < 1.29 is 39.9 Å². The van der Waals surface area contributed by atoms with Gasteiger partial charge in [-0.2, -0.15) is 6.61 Å². The van der Waals surface area contributed by atoms with Crippen LogP contribution in [-0.2, 0) is 24.6 Å². The van der Waals surface area contributed by atoms with Crippen molar-refractivity contribution >= 4 is 10.9 Å². The van der Waals surface area contributed by atoms with E-state index < -0.39 is 24.2 Å². The number of nitrogens with two attached hydrogens (primary N) is 1. The number of primary amides is 1. The zero-order valence-electron chi connectivity index (χ0n) is 9.38. The van der Waals surface area contributed by atoms with Gasteiger partial charge in [-0.3, -0.25) is 0 Å². The minimum atomic E-state index is -0.977. The third-order valence-corrected chi connectivity index (χ3v) is 2.11. The number of hydrogen-bond acceptors (Lipinski definition) is 5. The van der Waals surface area contributed by atoms with Gasteiger partial charge in [0.05, 0.1) is 18.8 Å². The summed E-state index contributed by atoms with van der Waals surface area (Å²) in [6.45, 7) is 5.94. The fourth-order valence-corrected chi connectivity index (χ4v) is 1.02. The zero-order valence-corrected chi connectivity index (χ0v) is 10.4. The first-order valence-corrected chi connectivity index (χ1v) is 5.45. The number of amides is 1. The van der Waals surface area contributed by atoms with Crippen molar-refractivity contribution in [2.75, 3.05) is 6.61 Å². The van der Waals surface area contributed by atoms with Gasteiger partial charge in [-0.05, 0) is 6.10 Å². The molecule has 1 heterocycles. The Morgan fingerprint density at radius 2 is 2.17 bits per heavy atom. The van der Waals surface area contributed by atoms with E-state index >= 15 is 0 Å². The molecule has 6 nitrogen and oxygen atoms in total. The Labute approximate surface area is 113 Å². The monoisotopic (exact) mass is 299 g/mol. The van der Waals surface area contributed by atoms with Gasteiger partial charge in [0.2, 0.25) is 0 Å². The molecule has 106 valence electrons. The summed E-state index contributed by atoms with van der Waals surface area (Å²) < 4.78 is 4.65. The van der Waals surface area contributed by atoms with E-state index in [1.165, 1.54) is 17.1 Å². The molecule has 7 heteroatoms. The first-order valence-electron chi connectivity index (χ1n) is 4.88. The van der Waals surface area contributed by atoms with Gasteiger partial charge in [0.25, 0.3) is 0 Å². The summed E-state index contributed by atoms with van der Waals surface area (Å²) in [6.07, 6.45) is 0.267. The molecule has 1 amide bonds. The number of aliphatic hydroxyl groups is 3. The van der Waals surface area contributed by atoms with E-state index in [1.807, 2.05) is 0 Å². The van der Waals surface area contributed by atoms with Crippen LogP contribution in [0.5, 0.6) is 0 Å². The van der Waals surface area contributed by atoms with E-state index in [0.717, 1.165) is 6.61 Å². The molecule has 0 radical (unpaired) electrons. The van der Waals surface area contributed by atoms with Gasteiger partial charge < -0.3 is 20.1 Å². The molecule has 0 aromatic heterocycles. The van der Waals surface area contributed by atoms with Crippen LogP contribution in [0, 0.1) is 13.2 Å². The number of carbonyl (C=O) groups is 1. The Balaban J connectivity index is 0.000000321. The molecule has 3 atom stereocenters. The molecule has 1 aliphatic rings. The van der Waals surface area contributed by atoms with Crippen molar-refractivity contribution in [1.29, 1.82) is 0 Å². The topological polar surface area (TPSA) is 113 Å². The quantitative estimate of drug-likeness (QED) is 0.207. The average molecular weight is 300 g/mol. The van der Waals surface area contributed by atoms with Crippen molar-refractivity contribution in [3.05, 3.63) is 30.9 Å². The Bertz CT molecular complexity index is 331. The van der Waals surface area contributed by atoms with Crippen LogP contribution in [0.15, 0.2) is 17.7 Å². The third-order valence-electron chi connectivity index (χ3n) is 1.92. The van der Waals surface area contributed by atoms with Crippen molar-refractivity contribution in [2.45, 2.75) is 18.3 Å². The second-order valence-electron chi connectivity index (χ2n) is 3.26. The van der Waals surface area contributed by atoms with Crippen molar-refractivity contribution in [1.82, 2.24) is 0 Å². The molecular formula is C11H15NNiO5-2. The van der Waals surface area contributed by atoms with Crippen LogP contribution in [0.4, 0.5) is 0 Å². The summed E-state index contributed by atoms with van der Waals surface area (Å²) in [5, 5.41) is 26.1. The molecule has 0 saturated carbocycles. The van der Waals surface area contributed by atoms with E-state index in [4.69, 9.17) is 27.6 Å². The van der Waals surface area contributed by atoms with Crippen LogP contribution in [0.1, 0.15) is 0 Å². The number of carbonyl (C=O) groups excluding carboxylic acids is 1. The number of rotatable bonds is 4. The molecule has 1 fully saturated rings. The van der Waals surface area contributed by atoms with Crippen LogP contribution < -0.4 is 5.73 Å². The Hall–Kier alpha value is -0.846. The van der Waals surface area contributed by atoms with Gasteiger partial charge in [-0.15, -0.1) is 0 Å². The first kappa shape index (κ1) is 17.2. The second kappa shape index (κ2) is 9.13. The van der Waals surface area contributed by atoms with Crippen LogP contribution in [0.25, 0.3) is 0 Å². The van der Waals surface area contributed by atoms with Crippen molar-refractivity contribution in [3.8, 4) is 0 Å². The van der Waals surface area contributed by atoms with Crippen LogP contribution >= 0.6 is 0 Å². The predicted octanol–water partition coefficient (Wildman–Crippen LogP) is -2.00. The Morgan fingerprint density at radius 1 is 1.56 bits per heavy atom. The average Bonchev–Trinajstić information content (AvgIpc) is 2.67. The summed E-state index contributed by atoms with van der Waals surface area (Å²) in [7, 11) is 0. The van der Waals surface area contributed by atoms with Crippen molar-refractivity contribution in [3.63, 3.8) is 0 Å². The predicted molar refractivity (Wildman–Crippen MR) is 60.5 cm³/mol. The number of allylic oxidation sites excluding steroid dienone is 1. The summed E-state index contributed by atoms with van der Waals surface area (Å²) in [5.74, 6) is -0.631. The normalized spacial score (nSPS) is 26.6. The first-order chi connectivity index (χ1) is 8.43. The van der Waals surface area contributed by atoms with Gasteiger partial charge in [0, 0.05) is 0 Å². The molecule has 0 aliphatic carbocycles. The summed E-state index contributed by atoms with van der Waals surface area (Å²) in [6, 6.07) is 0. The zero-order chi connectivity index (χ0) is 14.1. The summed E-state index contributed by atoms with van der Waals surface area (Å²) in [4.78, 5) is 11.6. The van der Waals surface area contributed by atoms with E-state index in [0.29, 0.717) is 0 Å². The number of ether oxygens (including phenoxy) is 1. The fraction of sp³-hybridized carbons (Fsp3) is 0.364. The molecule has 1 rings (SSSR count). The van der Waals surface area contributed by atoms with Gasteiger partial charge in [-0.25, -0.2) is 0 Å². The number of hydrogen-bond donors (Lipinski definition) is 4. The van der Waals surface area contributed by atoms with E-state index in [1.54, 1.807) is 0 Å². The van der Waals surface area contributed by atoms with Crippen LogP contribution in [-0.4, -0.2) is 51.1 Å². The molecule has 0 unspecified atom stereocenters. The van der Waals surface area contributed by atoms with Crippen molar-refractivity contribution in [2.24, 2.45) is 5.73 Å². The molecule has 0 aromatic carbocycles. The molecule has 0 bridgehead atoms. The number of aliphatic hydroxyl groups excluding tert-OH is 3. The molecule has 1 aliphatic heterocycles. The van der Waals surface area contributed by atoms with Crippen LogP contribution in [0.3, 0.4) is 0 Å². The van der Waals surface area contributed by atoms with Gasteiger partial charge in [0.15, 0.2) is 0 Å². The maximum atomic E-state index is 10.2. The van der Waals surface area contributed by atoms with Gasteiger partial charge >= 0.3 is 60.8 Å². The van der Waals surface area contributed by atoms with E-state index in [-0.39, 0.29) is 12.2 Å². The second-order valence-corrected chi connectivity index (χ2v) is 3.59.